The fourth-order valence-corrected chi connectivity index (χ4v) is 3.09. The summed E-state index contributed by atoms with van der Waals surface area (Å²) in [6, 6.07) is 0. The molecule has 0 amide bonds. The minimum absolute atomic E-state index is 0.00514. The first kappa shape index (κ1) is 12.2. The lowest BCUT2D eigenvalue weighted by Crippen LogP contribution is -2.12. The van der Waals surface area contributed by atoms with Crippen LogP contribution < -0.4 is 5.14 Å². The Balaban J connectivity index is 3.16. The second-order valence-corrected chi connectivity index (χ2v) is 5.46. The predicted octanol–water partition coefficient (Wildman–Crippen LogP) is 0.881. The van der Waals surface area contributed by atoms with Gasteiger partial charge in [0.05, 0.1) is 12.2 Å². The fourth-order valence-electron chi connectivity index (χ4n) is 1.09. The van der Waals surface area contributed by atoms with Crippen LogP contribution >= 0.6 is 11.3 Å². The lowest BCUT2D eigenvalue weighted by atomic mass is 10.2. The second-order valence-electron chi connectivity index (χ2n) is 2.83. The number of thiophene rings is 1. The van der Waals surface area contributed by atoms with Crippen LogP contribution in [0.3, 0.4) is 0 Å². The van der Waals surface area contributed by atoms with Gasteiger partial charge in [0.25, 0.3) is 0 Å². The average molecular weight is 249 g/mol. The maximum atomic E-state index is 11.4. The Morgan fingerprint density at radius 3 is 2.60 bits per heavy atom. The Kier molecular flexibility index (Phi) is 3.48. The van der Waals surface area contributed by atoms with E-state index in [0.717, 1.165) is 11.3 Å². The Hall–Kier alpha value is -0.920. The molecule has 0 aliphatic carbocycles. The molecule has 0 spiro atoms. The standard InChI is InChI=1S/C8H11NO4S2/c1-3-13-7(10)6-4-14-8(5(6)2)15(9,11)12/h4H,3H2,1-2H3,(H2,9,11,12). The van der Waals surface area contributed by atoms with Gasteiger partial charge in [-0.1, -0.05) is 0 Å². The highest BCUT2D eigenvalue weighted by Gasteiger charge is 2.21. The summed E-state index contributed by atoms with van der Waals surface area (Å²) in [5.41, 5.74) is 0.604. The van der Waals surface area contributed by atoms with Gasteiger partial charge in [0.15, 0.2) is 0 Å². The minimum Gasteiger partial charge on any atom is -0.462 e. The van der Waals surface area contributed by atoms with E-state index >= 15 is 0 Å². The van der Waals surface area contributed by atoms with Crippen molar-refractivity contribution in [2.45, 2.75) is 18.1 Å². The number of carbonyl (C=O) groups excluding carboxylic acids is 1. The van der Waals surface area contributed by atoms with Gasteiger partial charge >= 0.3 is 5.97 Å². The van der Waals surface area contributed by atoms with Crippen molar-refractivity contribution in [3.63, 3.8) is 0 Å². The van der Waals surface area contributed by atoms with Crippen LogP contribution in [0.2, 0.25) is 0 Å². The lowest BCUT2D eigenvalue weighted by Gasteiger charge is -2.00. The van der Waals surface area contributed by atoms with E-state index in [2.05, 4.69) is 0 Å². The molecule has 0 atom stereocenters. The molecular weight excluding hydrogens is 238 g/mol. The number of esters is 1. The highest BCUT2D eigenvalue weighted by molar-refractivity contribution is 7.91. The Morgan fingerprint density at radius 2 is 2.20 bits per heavy atom. The summed E-state index contributed by atoms with van der Waals surface area (Å²) in [5, 5.41) is 6.41. The lowest BCUT2D eigenvalue weighted by molar-refractivity contribution is 0.0526. The average Bonchev–Trinajstić information content (AvgIpc) is 2.46. The highest BCUT2D eigenvalue weighted by Crippen LogP contribution is 2.25. The monoisotopic (exact) mass is 249 g/mol. The molecule has 0 fully saturated rings. The van der Waals surface area contributed by atoms with Crippen molar-refractivity contribution in [2.75, 3.05) is 6.61 Å². The smallest absolute Gasteiger partial charge is 0.339 e. The van der Waals surface area contributed by atoms with Gasteiger partial charge in [0.1, 0.15) is 4.21 Å². The van der Waals surface area contributed by atoms with E-state index < -0.39 is 16.0 Å². The number of hydrogen-bond acceptors (Lipinski definition) is 5. The third-order valence-electron chi connectivity index (χ3n) is 1.75. The SMILES string of the molecule is CCOC(=O)c1csc(S(N)(=O)=O)c1C. The van der Waals surface area contributed by atoms with Crippen LogP contribution in [-0.4, -0.2) is 21.0 Å². The van der Waals surface area contributed by atoms with Crippen molar-refractivity contribution in [2.24, 2.45) is 5.14 Å². The van der Waals surface area contributed by atoms with E-state index in [0.29, 0.717) is 5.56 Å². The number of primary sulfonamides is 1. The van der Waals surface area contributed by atoms with Crippen LogP contribution in [-0.2, 0) is 14.8 Å². The van der Waals surface area contributed by atoms with E-state index in [9.17, 15) is 13.2 Å². The molecule has 0 radical (unpaired) electrons. The van der Waals surface area contributed by atoms with Crippen molar-refractivity contribution in [1.82, 2.24) is 0 Å². The van der Waals surface area contributed by atoms with Crippen molar-refractivity contribution in [1.29, 1.82) is 0 Å². The third-order valence-corrected chi connectivity index (χ3v) is 4.43. The number of carbonyl (C=O) groups is 1. The van der Waals surface area contributed by atoms with Crippen molar-refractivity contribution >= 4 is 27.3 Å². The zero-order valence-corrected chi connectivity index (χ0v) is 9.94. The molecular formula is C8H11NO4S2. The van der Waals surface area contributed by atoms with Gasteiger partial charge in [-0.25, -0.2) is 18.4 Å². The molecule has 1 aromatic rings. The molecule has 0 aliphatic heterocycles. The van der Waals surface area contributed by atoms with Crippen LogP contribution in [0.15, 0.2) is 9.59 Å². The molecule has 0 aromatic carbocycles. The first-order valence-corrected chi connectivity index (χ1v) is 6.58. The quantitative estimate of drug-likeness (QED) is 0.806. The van der Waals surface area contributed by atoms with Crippen molar-refractivity contribution in [3.8, 4) is 0 Å². The van der Waals surface area contributed by atoms with Crippen molar-refractivity contribution in [3.05, 3.63) is 16.5 Å². The molecule has 0 saturated heterocycles. The van der Waals surface area contributed by atoms with E-state index in [-0.39, 0.29) is 16.4 Å². The Morgan fingerprint density at radius 1 is 1.60 bits per heavy atom. The summed E-state index contributed by atoms with van der Waals surface area (Å²) in [5.74, 6) is -0.527. The highest BCUT2D eigenvalue weighted by atomic mass is 32.2. The molecule has 1 rings (SSSR count). The minimum atomic E-state index is -3.75. The summed E-state index contributed by atoms with van der Waals surface area (Å²) in [4.78, 5) is 11.4. The van der Waals surface area contributed by atoms with Gasteiger partial charge in [-0.3, -0.25) is 0 Å². The number of hydrogen-bond donors (Lipinski definition) is 1. The molecule has 1 aromatic heterocycles. The zero-order chi connectivity index (χ0) is 11.6. The van der Waals surface area contributed by atoms with E-state index in [4.69, 9.17) is 9.88 Å². The first-order valence-electron chi connectivity index (χ1n) is 4.16. The Bertz CT molecular complexity index is 475. The largest absolute Gasteiger partial charge is 0.462 e. The van der Waals surface area contributed by atoms with Crippen LogP contribution in [0.5, 0.6) is 0 Å². The van der Waals surface area contributed by atoms with Crippen LogP contribution in [0.25, 0.3) is 0 Å². The Labute approximate surface area is 91.9 Å². The molecule has 7 heteroatoms. The predicted molar refractivity (Wildman–Crippen MR) is 56.4 cm³/mol. The number of rotatable bonds is 3. The van der Waals surface area contributed by atoms with E-state index in [1.165, 1.54) is 12.3 Å². The van der Waals surface area contributed by atoms with Gasteiger partial charge in [-0.2, -0.15) is 0 Å². The third kappa shape index (κ3) is 2.55. The molecule has 84 valence electrons. The number of sulfonamides is 1. The topological polar surface area (TPSA) is 86.5 Å². The molecule has 0 saturated carbocycles. The molecule has 15 heavy (non-hydrogen) atoms. The summed E-state index contributed by atoms with van der Waals surface area (Å²) in [7, 11) is -3.75. The summed E-state index contributed by atoms with van der Waals surface area (Å²) in [6.07, 6.45) is 0. The molecule has 0 aliphatic rings. The molecule has 1 heterocycles. The first-order chi connectivity index (χ1) is 6.88. The zero-order valence-electron chi connectivity index (χ0n) is 8.31. The maximum absolute atomic E-state index is 11.4. The molecule has 5 nitrogen and oxygen atoms in total. The molecule has 0 unspecified atom stereocenters. The second kappa shape index (κ2) is 4.30. The van der Waals surface area contributed by atoms with Gasteiger partial charge in [-0.05, 0) is 19.4 Å². The normalized spacial score (nSPS) is 11.4. The fraction of sp³-hybridized carbons (Fsp3) is 0.375. The maximum Gasteiger partial charge on any atom is 0.339 e. The summed E-state index contributed by atoms with van der Waals surface area (Å²) >= 11 is 0.923. The van der Waals surface area contributed by atoms with Gasteiger partial charge < -0.3 is 4.74 Å². The van der Waals surface area contributed by atoms with Crippen LogP contribution in [0, 0.1) is 6.92 Å². The van der Waals surface area contributed by atoms with E-state index in [1.54, 1.807) is 6.92 Å². The van der Waals surface area contributed by atoms with Crippen LogP contribution in [0.1, 0.15) is 22.8 Å². The number of nitrogens with two attached hydrogens (primary N) is 1. The van der Waals surface area contributed by atoms with Gasteiger partial charge in [0, 0.05) is 5.38 Å². The molecule has 2 N–H and O–H groups in total. The van der Waals surface area contributed by atoms with Gasteiger partial charge in [-0.15, -0.1) is 11.3 Å². The summed E-state index contributed by atoms with van der Waals surface area (Å²) in [6.45, 7) is 3.46. The summed E-state index contributed by atoms with van der Waals surface area (Å²) < 4.78 is 26.9. The van der Waals surface area contributed by atoms with Crippen LogP contribution in [0.4, 0.5) is 0 Å². The van der Waals surface area contributed by atoms with Crippen molar-refractivity contribution < 1.29 is 17.9 Å². The van der Waals surface area contributed by atoms with Gasteiger partial charge in [0.2, 0.25) is 10.0 Å². The van der Waals surface area contributed by atoms with E-state index in [1.807, 2.05) is 0 Å². The number of ether oxygens (including phenoxy) is 1. The molecule has 0 bridgehead atoms.